The molecule has 0 bridgehead atoms. The largest absolute Gasteiger partial charge is 0.481 e. The highest BCUT2D eigenvalue weighted by Crippen LogP contribution is 2.02. The second-order valence-corrected chi connectivity index (χ2v) is 8.72. The fraction of sp³-hybridized carbons (Fsp3) is 0.818. The molecule has 0 saturated carbocycles. The van der Waals surface area contributed by atoms with Crippen molar-refractivity contribution in [1.29, 1.82) is 0 Å². The van der Waals surface area contributed by atoms with Gasteiger partial charge in [0.25, 0.3) is 0 Å². The van der Waals surface area contributed by atoms with Gasteiger partial charge in [0.15, 0.2) is 0 Å². The Hall–Kier alpha value is -2.24. The summed E-state index contributed by atoms with van der Waals surface area (Å²) in [6.45, 7) is 10.9. The van der Waals surface area contributed by atoms with Crippen LogP contribution in [0.5, 0.6) is 0 Å². The first-order valence-electron chi connectivity index (χ1n) is 11.7. The first-order chi connectivity index (χ1) is 15.5. The van der Waals surface area contributed by atoms with E-state index in [1.165, 1.54) is 0 Å². The first kappa shape index (κ1) is 30.8. The Kier molecular flexibility index (Phi) is 16.1. The van der Waals surface area contributed by atoms with E-state index in [1.807, 2.05) is 27.7 Å². The molecule has 0 saturated heterocycles. The highest BCUT2D eigenvalue weighted by molar-refractivity contribution is 5.87. The van der Waals surface area contributed by atoms with Gasteiger partial charge in [-0.1, -0.05) is 41.0 Å². The maximum atomic E-state index is 12.6. The summed E-state index contributed by atoms with van der Waals surface area (Å²) < 4.78 is 0. The van der Waals surface area contributed by atoms with Crippen molar-refractivity contribution in [3.63, 3.8) is 0 Å². The van der Waals surface area contributed by atoms with Gasteiger partial charge in [0.2, 0.25) is 11.8 Å². The summed E-state index contributed by atoms with van der Waals surface area (Å²) in [5.41, 5.74) is 0. The van der Waals surface area contributed by atoms with Gasteiger partial charge < -0.3 is 36.8 Å². The molecule has 0 fully saturated rings. The van der Waals surface area contributed by atoms with Crippen LogP contribution in [-0.2, 0) is 19.2 Å². The van der Waals surface area contributed by atoms with E-state index in [0.29, 0.717) is 6.54 Å². The maximum Gasteiger partial charge on any atom is 0.326 e. The van der Waals surface area contributed by atoms with E-state index >= 15 is 0 Å². The van der Waals surface area contributed by atoms with Crippen molar-refractivity contribution < 1.29 is 29.4 Å². The third-order valence-corrected chi connectivity index (χ3v) is 4.75. The van der Waals surface area contributed by atoms with Crippen LogP contribution >= 0.6 is 0 Å². The molecule has 0 aliphatic rings. The van der Waals surface area contributed by atoms with Gasteiger partial charge in [0.1, 0.15) is 6.04 Å². The zero-order valence-corrected chi connectivity index (χ0v) is 20.6. The molecule has 0 aromatic carbocycles. The molecule has 0 heterocycles. The molecule has 7 N–H and O–H groups in total. The number of carboxylic acids is 2. The Morgan fingerprint density at radius 2 is 1.39 bits per heavy atom. The molecule has 2 amide bonds. The number of unbranched alkanes of at least 4 members (excludes halogenated alkanes) is 1. The normalized spacial score (nSPS) is 14.0. The number of carboxylic acid groups (broad SMARTS) is 2. The summed E-state index contributed by atoms with van der Waals surface area (Å²) in [6, 6.07) is -2.50. The van der Waals surface area contributed by atoms with Gasteiger partial charge in [-0.15, -0.1) is 0 Å². The van der Waals surface area contributed by atoms with Crippen LogP contribution in [0.25, 0.3) is 0 Å². The SMILES string of the molecule is CCCCNC[C@H](NC(C)C)C(=O)NCCC(NC(=O)[C@H](CCC(=O)O)NC(C)C)C(=O)O. The van der Waals surface area contributed by atoms with Crippen LogP contribution in [0.2, 0.25) is 0 Å². The van der Waals surface area contributed by atoms with Crippen LogP contribution in [0.3, 0.4) is 0 Å². The third kappa shape index (κ3) is 15.3. The number of hydrogen-bond donors (Lipinski definition) is 7. The molecule has 0 aliphatic carbocycles. The quantitative estimate of drug-likeness (QED) is 0.128. The second kappa shape index (κ2) is 17.3. The number of amides is 2. The molecule has 0 spiro atoms. The van der Waals surface area contributed by atoms with Crippen molar-refractivity contribution in [3.8, 4) is 0 Å². The first-order valence-corrected chi connectivity index (χ1v) is 11.7. The van der Waals surface area contributed by atoms with E-state index in [9.17, 15) is 24.3 Å². The van der Waals surface area contributed by atoms with Crippen LogP contribution in [0.15, 0.2) is 0 Å². The average Bonchev–Trinajstić information content (AvgIpc) is 2.71. The van der Waals surface area contributed by atoms with Gasteiger partial charge in [-0.2, -0.15) is 0 Å². The van der Waals surface area contributed by atoms with Gasteiger partial charge in [0, 0.05) is 31.6 Å². The van der Waals surface area contributed by atoms with Crippen molar-refractivity contribution in [2.45, 2.75) is 96.9 Å². The average molecular weight is 474 g/mol. The summed E-state index contributed by atoms with van der Waals surface area (Å²) in [5.74, 6) is -3.09. The molecule has 0 aromatic rings. The van der Waals surface area contributed by atoms with Gasteiger partial charge in [-0.25, -0.2) is 4.79 Å². The molecule has 1 unspecified atom stereocenters. The summed E-state index contributed by atoms with van der Waals surface area (Å²) in [6.07, 6.45) is 1.87. The number of aliphatic carboxylic acids is 2. The number of carbonyl (C=O) groups is 4. The molecular formula is C22H43N5O6. The lowest BCUT2D eigenvalue weighted by atomic mass is 10.1. The van der Waals surface area contributed by atoms with Gasteiger partial charge in [-0.05, 0) is 25.8 Å². The predicted octanol–water partition coefficient (Wildman–Crippen LogP) is 0.0498. The van der Waals surface area contributed by atoms with Crippen LogP contribution in [0, 0.1) is 0 Å². The van der Waals surface area contributed by atoms with E-state index in [1.54, 1.807) is 0 Å². The smallest absolute Gasteiger partial charge is 0.326 e. The molecule has 11 heteroatoms. The molecule has 0 rings (SSSR count). The fourth-order valence-corrected chi connectivity index (χ4v) is 3.13. The predicted molar refractivity (Wildman–Crippen MR) is 126 cm³/mol. The molecule has 11 nitrogen and oxygen atoms in total. The second-order valence-electron chi connectivity index (χ2n) is 8.72. The summed E-state index contributed by atoms with van der Waals surface area (Å²) in [7, 11) is 0. The lowest BCUT2D eigenvalue weighted by molar-refractivity contribution is -0.143. The number of nitrogens with one attached hydrogen (secondary N) is 5. The van der Waals surface area contributed by atoms with Gasteiger partial charge >= 0.3 is 11.9 Å². The lowest BCUT2D eigenvalue weighted by Gasteiger charge is -2.24. The molecule has 0 aromatic heterocycles. The van der Waals surface area contributed by atoms with Crippen LogP contribution in [0.1, 0.15) is 66.7 Å². The highest BCUT2D eigenvalue weighted by Gasteiger charge is 2.26. The maximum absolute atomic E-state index is 12.6. The van der Waals surface area contributed by atoms with E-state index < -0.39 is 36.0 Å². The van der Waals surface area contributed by atoms with Crippen LogP contribution in [0.4, 0.5) is 0 Å². The topological polar surface area (TPSA) is 169 Å². The Labute approximate surface area is 196 Å². The van der Waals surface area contributed by atoms with Crippen molar-refractivity contribution in [1.82, 2.24) is 26.6 Å². The molecule has 33 heavy (non-hydrogen) atoms. The monoisotopic (exact) mass is 473 g/mol. The van der Waals surface area contributed by atoms with Crippen LogP contribution < -0.4 is 26.6 Å². The van der Waals surface area contributed by atoms with Crippen LogP contribution in [-0.4, -0.2) is 83.8 Å². The number of hydrogen-bond acceptors (Lipinski definition) is 7. The summed E-state index contributed by atoms with van der Waals surface area (Å²) >= 11 is 0. The molecule has 0 radical (unpaired) electrons. The fourth-order valence-electron chi connectivity index (χ4n) is 3.13. The number of carbonyl (C=O) groups excluding carboxylic acids is 2. The minimum Gasteiger partial charge on any atom is -0.481 e. The Morgan fingerprint density at radius 3 is 1.91 bits per heavy atom. The number of rotatable bonds is 19. The lowest BCUT2D eigenvalue weighted by Crippen LogP contribution is -2.54. The van der Waals surface area contributed by atoms with Crippen molar-refractivity contribution in [2.75, 3.05) is 19.6 Å². The van der Waals surface area contributed by atoms with E-state index in [2.05, 4.69) is 33.5 Å². The summed E-state index contributed by atoms with van der Waals surface area (Å²) in [5, 5.41) is 33.0. The van der Waals surface area contributed by atoms with E-state index in [-0.39, 0.29) is 43.8 Å². The molecular weight excluding hydrogens is 430 g/mol. The van der Waals surface area contributed by atoms with E-state index in [4.69, 9.17) is 5.11 Å². The van der Waals surface area contributed by atoms with Crippen molar-refractivity contribution in [3.05, 3.63) is 0 Å². The van der Waals surface area contributed by atoms with Crippen molar-refractivity contribution in [2.24, 2.45) is 0 Å². The van der Waals surface area contributed by atoms with Gasteiger partial charge in [-0.3, -0.25) is 14.4 Å². The standard InChI is InChI=1S/C22H43N5O6/c1-6-7-11-23-13-18(26-15(4)5)20(30)24-12-10-17(22(32)33)27-21(31)16(25-14(2)3)8-9-19(28)29/h14-18,23,25-26H,6-13H2,1-5H3,(H,24,30)(H,27,31)(H,28,29)(H,32,33)/t16-,17?,18-/m0/s1. The zero-order chi connectivity index (χ0) is 25.4. The zero-order valence-electron chi connectivity index (χ0n) is 20.6. The molecule has 192 valence electrons. The third-order valence-electron chi connectivity index (χ3n) is 4.75. The minimum absolute atomic E-state index is 0.00218. The Bertz CT molecular complexity index is 614. The van der Waals surface area contributed by atoms with Crippen molar-refractivity contribution >= 4 is 23.8 Å². The van der Waals surface area contributed by atoms with Gasteiger partial charge in [0.05, 0.1) is 12.1 Å². The minimum atomic E-state index is -1.22. The molecule has 0 aliphatic heterocycles. The Morgan fingerprint density at radius 1 is 0.788 bits per heavy atom. The molecule has 3 atom stereocenters. The highest BCUT2D eigenvalue weighted by atomic mass is 16.4. The summed E-state index contributed by atoms with van der Waals surface area (Å²) in [4.78, 5) is 47.7. The van der Waals surface area contributed by atoms with E-state index in [0.717, 1.165) is 19.4 Å². The Balaban J connectivity index is 4.85.